The Morgan fingerprint density at radius 2 is 1.67 bits per heavy atom. The molecule has 0 saturated heterocycles. The molecule has 0 amide bonds. The number of rotatable bonds is 4. The molecule has 1 N–H and O–H groups in total. The van der Waals surface area contributed by atoms with Crippen LogP contribution in [0.15, 0.2) is 4.42 Å². The molecule has 0 aliphatic heterocycles. The summed E-state index contributed by atoms with van der Waals surface area (Å²) < 4.78 is 78.2. The first-order valence-electron chi connectivity index (χ1n) is 4.82. The van der Waals surface area contributed by atoms with Crippen LogP contribution in [0.5, 0.6) is 0 Å². The van der Waals surface area contributed by atoms with Crippen LogP contribution in [-0.4, -0.2) is 29.1 Å². The Morgan fingerprint density at radius 3 is 2.11 bits per heavy atom. The maximum Gasteiger partial charge on any atom is 0.409 e. The summed E-state index contributed by atoms with van der Waals surface area (Å²) in [5, 5.41) is 8.56. The van der Waals surface area contributed by atoms with Crippen molar-refractivity contribution < 1.29 is 30.8 Å². The van der Waals surface area contributed by atoms with Crippen molar-refractivity contribution in [1.82, 2.24) is 15.5 Å². The van der Waals surface area contributed by atoms with E-state index in [-0.39, 0.29) is 12.4 Å². The normalized spacial score (nSPS) is 13.3. The van der Waals surface area contributed by atoms with E-state index in [9.17, 15) is 26.3 Å². The average Bonchev–Trinajstić information content (AvgIpc) is 2.58. The maximum absolute atomic E-state index is 12.3. The van der Waals surface area contributed by atoms with Gasteiger partial charge in [-0.1, -0.05) is 6.92 Å². The lowest BCUT2D eigenvalue weighted by Crippen LogP contribution is -2.34. The van der Waals surface area contributed by atoms with Crippen LogP contribution >= 0.6 is 0 Å². The monoisotopic (exact) mass is 277 g/mol. The summed E-state index contributed by atoms with van der Waals surface area (Å²) >= 11 is 0. The van der Waals surface area contributed by atoms with E-state index in [1.807, 2.05) is 0 Å². The standard InChI is InChI=1S/C8H9F6N3O/c1-2-15-3-4-16-17-6(18-4)5(7(9,10)11)8(12,13)14/h5,15H,2-3H2,1H3. The quantitative estimate of drug-likeness (QED) is 0.858. The molecule has 4 nitrogen and oxygen atoms in total. The fraction of sp³-hybridized carbons (Fsp3) is 0.750. The van der Waals surface area contributed by atoms with Crippen molar-refractivity contribution in [2.75, 3.05) is 6.54 Å². The van der Waals surface area contributed by atoms with Crippen LogP contribution in [0.25, 0.3) is 0 Å². The third kappa shape index (κ3) is 3.59. The van der Waals surface area contributed by atoms with Gasteiger partial charge in [-0.05, 0) is 6.54 Å². The smallest absolute Gasteiger partial charge is 0.409 e. The molecule has 0 aliphatic carbocycles. The Bertz CT molecular complexity index is 371. The van der Waals surface area contributed by atoms with Crippen LogP contribution in [0.1, 0.15) is 24.6 Å². The summed E-state index contributed by atoms with van der Waals surface area (Å²) in [5.41, 5.74) is 0. The molecule has 0 aliphatic rings. The number of hydrogen-bond acceptors (Lipinski definition) is 4. The van der Waals surface area contributed by atoms with Gasteiger partial charge in [0.2, 0.25) is 17.7 Å². The van der Waals surface area contributed by atoms with Gasteiger partial charge in [0.05, 0.1) is 6.54 Å². The van der Waals surface area contributed by atoms with Crippen LogP contribution in [0.2, 0.25) is 0 Å². The molecule has 0 aromatic carbocycles. The summed E-state index contributed by atoms with van der Waals surface area (Å²) in [6.45, 7) is 2.07. The molecule has 1 aromatic rings. The van der Waals surface area contributed by atoms with Crippen LogP contribution in [0.4, 0.5) is 26.3 Å². The second-order valence-electron chi connectivity index (χ2n) is 3.33. The average molecular weight is 277 g/mol. The molecule has 1 rings (SSSR count). The van der Waals surface area contributed by atoms with Gasteiger partial charge in [0.25, 0.3) is 0 Å². The van der Waals surface area contributed by atoms with Gasteiger partial charge in [-0.2, -0.15) is 26.3 Å². The first-order valence-corrected chi connectivity index (χ1v) is 4.82. The fourth-order valence-corrected chi connectivity index (χ4v) is 1.15. The molecule has 0 radical (unpaired) electrons. The number of hydrogen-bond donors (Lipinski definition) is 1. The van der Waals surface area contributed by atoms with Crippen LogP contribution in [-0.2, 0) is 6.54 Å². The second kappa shape index (κ2) is 5.12. The topological polar surface area (TPSA) is 51.0 Å². The van der Waals surface area contributed by atoms with Gasteiger partial charge in [-0.25, -0.2) is 0 Å². The SMILES string of the molecule is CCNCc1nnc(C(C(F)(F)F)C(F)(F)F)o1. The molecular formula is C8H9F6N3O. The number of halogens is 6. The molecular weight excluding hydrogens is 268 g/mol. The molecule has 0 unspecified atom stereocenters. The zero-order valence-electron chi connectivity index (χ0n) is 9.06. The predicted molar refractivity (Wildman–Crippen MR) is 46.5 cm³/mol. The molecule has 0 atom stereocenters. The first-order chi connectivity index (χ1) is 8.16. The Labute approximate surface area is 97.4 Å². The van der Waals surface area contributed by atoms with E-state index in [1.165, 1.54) is 0 Å². The van der Waals surface area contributed by atoms with E-state index in [1.54, 1.807) is 6.92 Å². The van der Waals surface area contributed by atoms with Crippen molar-refractivity contribution in [3.8, 4) is 0 Å². The van der Waals surface area contributed by atoms with Gasteiger partial charge in [-0.15, -0.1) is 10.2 Å². The lowest BCUT2D eigenvalue weighted by molar-refractivity contribution is -0.258. The van der Waals surface area contributed by atoms with E-state index in [4.69, 9.17) is 0 Å². The Kier molecular flexibility index (Phi) is 4.20. The van der Waals surface area contributed by atoms with Gasteiger partial charge < -0.3 is 9.73 Å². The third-order valence-electron chi connectivity index (χ3n) is 1.91. The number of nitrogens with one attached hydrogen (secondary N) is 1. The third-order valence-corrected chi connectivity index (χ3v) is 1.91. The summed E-state index contributed by atoms with van der Waals surface area (Å²) in [7, 11) is 0. The molecule has 0 saturated carbocycles. The Morgan fingerprint density at radius 1 is 1.11 bits per heavy atom. The zero-order valence-corrected chi connectivity index (χ0v) is 9.06. The van der Waals surface area contributed by atoms with Crippen LogP contribution in [0.3, 0.4) is 0 Å². The largest absolute Gasteiger partial charge is 0.423 e. The first kappa shape index (κ1) is 14.7. The summed E-state index contributed by atoms with van der Waals surface area (Å²) in [6, 6.07) is 0. The van der Waals surface area contributed by atoms with Crippen molar-refractivity contribution in [2.45, 2.75) is 31.7 Å². The van der Waals surface area contributed by atoms with Crippen LogP contribution < -0.4 is 5.32 Å². The maximum atomic E-state index is 12.3. The molecule has 1 aromatic heterocycles. The number of alkyl halides is 6. The highest BCUT2D eigenvalue weighted by molar-refractivity contribution is 5.00. The van der Waals surface area contributed by atoms with Crippen molar-refractivity contribution in [3.05, 3.63) is 11.8 Å². The van der Waals surface area contributed by atoms with Gasteiger partial charge in [0.1, 0.15) is 0 Å². The molecule has 0 bridgehead atoms. The van der Waals surface area contributed by atoms with Crippen LogP contribution in [0, 0.1) is 0 Å². The summed E-state index contributed by atoms with van der Waals surface area (Å²) in [4.78, 5) is 0. The minimum atomic E-state index is -5.53. The summed E-state index contributed by atoms with van der Waals surface area (Å²) in [5.74, 6) is -5.58. The Balaban J connectivity index is 2.97. The molecule has 0 fully saturated rings. The number of aromatic nitrogens is 2. The molecule has 0 spiro atoms. The highest BCUT2D eigenvalue weighted by Crippen LogP contribution is 2.45. The molecule has 10 heteroatoms. The second-order valence-corrected chi connectivity index (χ2v) is 3.33. The van der Waals surface area contributed by atoms with Gasteiger partial charge >= 0.3 is 12.4 Å². The Hall–Kier alpha value is -1.32. The van der Waals surface area contributed by atoms with Crippen molar-refractivity contribution in [1.29, 1.82) is 0 Å². The van der Waals surface area contributed by atoms with E-state index < -0.39 is 24.2 Å². The van der Waals surface area contributed by atoms with E-state index in [2.05, 4.69) is 19.9 Å². The highest BCUT2D eigenvalue weighted by atomic mass is 19.4. The van der Waals surface area contributed by atoms with Gasteiger partial charge in [-0.3, -0.25) is 0 Å². The minimum absolute atomic E-state index is 0.0913. The fourth-order valence-electron chi connectivity index (χ4n) is 1.15. The summed E-state index contributed by atoms with van der Waals surface area (Å²) in [6.07, 6.45) is -11.1. The zero-order chi connectivity index (χ0) is 14.0. The van der Waals surface area contributed by atoms with Crippen molar-refractivity contribution in [3.63, 3.8) is 0 Å². The van der Waals surface area contributed by atoms with E-state index in [0.717, 1.165) is 0 Å². The molecule has 104 valence electrons. The lowest BCUT2D eigenvalue weighted by Gasteiger charge is -2.19. The van der Waals surface area contributed by atoms with Gasteiger partial charge in [0, 0.05) is 0 Å². The van der Waals surface area contributed by atoms with Gasteiger partial charge in [0.15, 0.2) is 0 Å². The minimum Gasteiger partial charge on any atom is -0.423 e. The predicted octanol–water partition coefficient (Wildman–Crippen LogP) is 2.39. The number of nitrogens with zero attached hydrogens (tertiary/aromatic N) is 2. The van der Waals surface area contributed by atoms with E-state index >= 15 is 0 Å². The molecule has 1 heterocycles. The van der Waals surface area contributed by atoms with Crippen molar-refractivity contribution >= 4 is 0 Å². The molecule has 18 heavy (non-hydrogen) atoms. The van der Waals surface area contributed by atoms with E-state index in [0.29, 0.717) is 6.54 Å². The van der Waals surface area contributed by atoms with Crippen molar-refractivity contribution in [2.24, 2.45) is 0 Å². The highest BCUT2D eigenvalue weighted by Gasteiger charge is 2.60. The lowest BCUT2D eigenvalue weighted by atomic mass is 10.1.